The van der Waals surface area contributed by atoms with Crippen molar-refractivity contribution < 1.29 is 0 Å². The summed E-state index contributed by atoms with van der Waals surface area (Å²) in [7, 11) is 0. The van der Waals surface area contributed by atoms with E-state index >= 15 is 0 Å². The molecule has 20 heavy (non-hydrogen) atoms. The topological polar surface area (TPSA) is 24.9 Å². The van der Waals surface area contributed by atoms with Crippen LogP contribution in [0.5, 0.6) is 0 Å². The van der Waals surface area contributed by atoms with E-state index in [0.717, 1.165) is 25.3 Å². The summed E-state index contributed by atoms with van der Waals surface area (Å²) in [5.74, 6) is 0. The van der Waals surface area contributed by atoms with Crippen LogP contribution in [0.25, 0.3) is 10.2 Å². The van der Waals surface area contributed by atoms with Gasteiger partial charge in [0.15, 0.2) is 5.13 Å². The first-order chi connectivity index (χ1) is 9.52. The molecule has 3 rings (SSSR count). The molecule has 1 N–H and O–H groups in total. The first kappa shape index (κ1) is 14.0. The normalized spacial score (nSPS) is 11.0. The van der Waals surface area contributed by atoms with Crippen LogP contribution in [0.2, 0.25) is 0 Å². The van der Waals surface area contributed by atoms with Gasteiger partial charge in [-0.05, 0) is 55.3 Å². The SMILES string of the molecule is Cc1cc(Br)cc(C)c1Nc1nc2ccc(Br)cc2s1. The van der Waals surface area contributed by atoms with Gasteiger partial charge in [-0.2, -0.15) is 0 Å². The number of fused-ring (bicyclic) bond motifs is 1. The van der Waals surface area contributed by atoms with Gasteiger partial charge in [0.2, 0.25) is 0 Å². The minimum absolute atomic E-state index is 0.923. The number of aryl methyl sites for hydroxylation is 2. The fraction of sp³-hybridized carbons (Fsp3) is 0.133. The molecule has 1 aromatic heterocycles. The minimum Gasteiger partial charge on any atom is -0.331 e. The summed E-state index contributed by atoms with van der Waals surface area (Å²) in [4.78, 5) is 4.63. The van der Waals surface area contributed by atoms with Gasteiger partial charge >= 0.3 is 0 Å². The largest absolute Gasteiger partial charge is 0.331 e. The Morgan fingerprint density at radius 3 is 2.40 bits per heavy atom. The molecule has 3 aromatic rings. The lowest BCUT2D eigenvalue weighted by Crippen LogP contribution is -1.95. The van der Waals surface area contributed by atoms with E-state index in [-0.39, 0.29) is 0 Å². The highest BCUT2D eigenvalue weighted by Crippen LogP contribution is 2.33. The van der Waals surface area contributed by atoms with E-state index < -0.39 is 0 Å². The summed E-state index contributed by atoms with van der Waals surface area (Å²) in [5, 5.41) is 4.37. The van der Waals surface area contributed by atoms with E-state index in [1.165, 1.54) is 15.8 Å². The van der Waals surface area contributed by atoms with Crippen LogP contribution in [-0.2, 0) is 0 Å². The van der Waals surface area contributed by atoms with Crippen LogP contribution in [0.15, 0.2) is 39.3 Å². The lowest BCUT2D eigenvalue weighted by molar-refractivity contribution is 1.33. The molecule has 0 amide bonds. The summed E-state index contributed by atoms with van der Waals surface area (Å²) in [6.07, 6.45) is 0. The standard InChI is InChI=1S/C15H12Br2N2S/c1-8-5-11(17)6-9(2)14(8)19-15-18-12-4-3-10(16)7-13(12)20-15/h3-7H,1-2H3,(H,18,19). The highest BCUT2D eigenvalue weighted by atomic mass is 79.9. The van der Waals surface area contributed by atoms with Crippen LogP contribution in [0.3, 0.4) is 0 Å². The molecule has 5 heteroatoms. The minimum atomic E-state index is 0.923. The van der Waals surface area contributed by atoms with Crippen LogP contribution in [0.4, 0.5) is 10.8 Å². The zero-order valence-electron chi connectivity index (χ0n) is 11.0. The van der Waals surface area contributed by atoms with Crippen molar-refractivity contribution in [2.45, 2.75) is 13.8 Å². The van der Waals surface area contributed by atoms with Crippen LogP contribution in [0.1, 0.15) is 11.1 Å². The van der Waals surface area contributed by atoms with Gasteiger partial charge in [-0.15, -0.1) is 0 Å². The Kier molecular flexibility index (Phi) is 3.84. The number of halogens is 2. The third kappa shape index (κ3) is 2.75. The number of thiazole rings is 1. The number of nitrogens with zero attached hydrogens (tertiary/aromatic N) is 1. The molecule has 2 aromatic carbocycles. The highest BCUT2D eigenvalue weighted by molar-refractivity contribution is 9.10. The smallest absolute Gasteiger partial charge is 0.188 e. The van der Waals surface area contributed by atoms with Crippen molar-refractivity contribution in [3.63, 3.8) is 0 Å². The average molecular weight is 412 g/mol. The maximum absolute atomic E-state index is 4.63. The van der Waals surface area contributed by atoms with Gasteiger partial charge in [-0.3, -0.25) is 0 Å². The second-order valence-corrected chi connectivity index (χ2v) is 7.53. The molecule has 102 valence electrons. The second kappa shape index (κ2) is 5.47. The highest BCUT2D eigenvalue weighted by Gasteiger charge is 2.08. The molecule has 0 aliphatic heterocycles. The Labute approximate surface area is 138 Å². The third-order valence-electron chi connectivity index (χ3n) is 3.08. The number of benzene rings is 2. The summed E-state index contributed by atoms with van der Waals surface area (Å²) in [5.41, 5.74) is 4.56. The maximum atomic E-state index is 4.63. The molecule has 2 nitrogen and oxygen atoms in total. The summed E-state index contributed by atoms with van der Waals surface area (Å²) >= 11 is 8.68. The molecule has 0 atom stereocenters. The fourth-order valence-corrected chi connectivity index (χ4v) is 4.28. The van der Waals surface area contributed by atoms with E-state index in [1.807, 2.05) is 12.1 Å². The Bertz CT molecular complexity index is 773. The number of rotatable bonds is 2. The molecule has 1 heterocycles. The van der Waals surface area contributed by atoms with Crippen LogP contribution < -0.4 is 5.32 Å². The zero-order valence-corrected chi connectivity index (χ0v) is 15.0. The van der Waals surface area contributed by atoms with E-state index in [9.17, 15) is 0 Å². The zero-order chi connectivity index (χ0) is 14.3. The fourth-order valence-electron chi connectivity index (χ4n) is 2.17. The summed E-state index contributed by atoms with van der Waals surface area (Å²) < 4.78 is 3.36. The number of hydrogen-bond acceptors (Lipinski definition) is 3. The van der Waals surface area contributed by atoms with E-state index in [2.05, 4.69) is 74.2 Å². The van der Waals surface area contributed by atoms with Crippen molar-refractivity contribution in [1.29, 1.82) is 0 Å². The first-order valence-corrected chi connectivity index (χ1v) is 8.53. The van der Waals surface area contributed by atoms with E-state index in [1.54, 1.807) is 11.3 Å². The van der Waals surface area contributed by atoms with Crippen molar-refractivity contribution in [1.82, 2.24) is 4.98 Å². The molecule has 0 aliphatic carbocycles. The van der Waals surface area contributed by atoms with Crippen LogP contribution in [-0.4, -0.2) is 4.98 Å². The molecule has 0 bridgehead atoms. The number of hydrogen-bond donors (Lipinski definition) is 1. The molecule has 0 fully saturated rings. The molecule has 0 aliphatic rings. The summed E-state index contributed by atoms with van der Waals surface area (Å²) in [6.45, 7) is 4.20. The van der Waals surface area contributed by atoms with Crippen molar-refractivity contribution >= 4 is 64.2 Å². The van der Waals surface area contributed by atoms with Crippen LogP contribution >= 0.6 is 43.2 Å². The van der Waals surface area contributed by atoms with Gasteiger partial charge in [-0.1, -0.05) is 43.2 Å². The van der Waals surface area contributed by atoms with Crippen molar-refractivity contribution in [2.75, 3.05) is 5.32 Å². The average Bonchev–Trinajstić information content (AvgIpc) is 2.75. The number of aromatic nitrogens is 1. The van der Waals surface area contributed by atoms with Gasteiger partial charge in [0, 0.05) is 14.6 Å². The Morgan fingerprint density at radius 1 is 1.00 bits per heavy atom. The quantitative estimate of drug-likeness (QED) is 0.544. The second-order valence-electron chi connectivity index (χ2n) is 4.67. The predicted molar refractivity (Wildman–Crippen MR) is 94.2 cm³/mol. The number of anilines is 2. The molecular formula is C15H12Br2N2S. The lowest BCUT2D eigenvalue weighted by atomic mass is 10.1. The van der Waals surface area contributed by atoms with Crippen molar-refractivity contribution in [2.24, 2.45) is 0 Å². The summed E-state index contributed by atoms with van der Waals surface area (Å²) in [6, 6.07) is 10.4. The van der Waals surface area contributed by atoms with Gasteiger partial charge in [-0.25, -0.2) is 4.98 Å². The Balaban J connectivity index is 2.01. The van der Waals surface area contributed by atoms with Gasteiger partial charge < -0.3 is 5.32 Å². The molecule has 0 spiro atoms. The molecular weight excluding hydrogens is 400 g/mol. The first-order valence-electron chi connectivity index (χ1n) is 6.13. The monoisotopic (exact) mass is 410 g/mol. The predicted octanol–water partition coefficient (Wildman–Crippen LogP) is 6.18. The Hall–Kier alpha value is -0.910. The third-order valence-corrected chi connectivity index (χ3v) is 4.96. The number of nitrogens with one attached hydrogen (secondary N) is 1. The van der Waals surface area contributed by atoms with Crippen LogP contribution in [0, 0.1) is 13.8 Å². The van der Waals surface area contributed by atoms with Gasteiger partial charge in [0.05, 0.1) is 10.2 Å². The Morgan fingerprint density at radius 2 is 1.70 bits per heavy atom. The molecule has 0 saturated carbocycles. The van der Waals surface area contributed by atoms with Gasteiger partial charge in [0.1, 0.15) is 0 Å². The van der Waals surface area contributed by atoms with E-state index in [0.29, 0.717) is 0 Å². The van der Waals surface area contributed by atoms with E-state index in [4.69, 9.17) is 0 Å². The molecule has 0 unspecified atom stereocenters. The lowest BCUT2D eigenvalue weighted by Gasteiger charge is -2.11. The van der Waals surface area contributed by atoms with Crippen molar-refractivity contribution in [3.05, 3.63) is 50.4 Å². The van der Waals surface area contributed by atoms with Gasteiger partial charge in [0.25, 0.3) is 0 Å². The maximum Gasteiger partial charge on any atom is 0.188 e. The molecule has 0 saturated heterocycles. The van der Waals surface area contributed by atoms with Crippen molar-refractivity contribution in [3.8, 4) is 0 Å². The molecule has 0 radical (unpaired) electrons.